The molecule has 0 atom stereocenters. The van der Waals surface area contributed by atoms with Crippen molar-refractivity contribution < 1.29 is 0 Å². The fourth-order valence-electron chi connectivity index (χ4n) is 1.00. The minimum absolute atomic E-state index is 0.335. The Morgan fingerprint density at radius 1 is 1.33 bits per heavy atom. The van der Waals surface area contributed by atoms with Crippen LogP contribution in [0.1, 0.15) is 5.82 Å². The van der Waals surface area contributed by atoms with E-state index in [1.54, 1.807) is 22.7 Å². The molecule has 0 bridgehead atoms. The van der Waals surface area contributed by atoms with Crippen LogP contribution in [0.25, 0.3) is 5.65 Å². The molecule has 2 aromatic rings. The first kappa shape index (κ1) is 7.83. The predicted molar refractivity (Wildman–Crippen MR) is 47.6 cm³/mol. The minimum Gasteiger partial charge on any atom is -0.284 e. The van der Waals surface area contributed by atoms with Crippen LogP contribution in [-0.4, -0.2) is 14.6 Å². The highest BCUT2D eigenvalue weighted by Gasteiger charge is 2.02. The number of halogens is 2. The summed E-state index contributed by atoms with van der Waals surface area (Å²) in [6.45, 7) is 0. The van der Waals surface area contributed by atoms with Crippen LogP contribution in [-0.2, 0) is 5.88 Å². The van der Waals surface area contributed by atoms with Crippen LogP contribution in [0.3, 0.4) is 0 Å². The van der Waals surface area contributed by atoms with Gasteiger partial charge in [0.1, 0.15) is 0 Å². The molecular weight excluding hydrogens is 197 g/mol. The number of hydrogen-bond donors (Lipinski definition) is 0. The van der Waals surface area contributed by atoms with Crippen LogP contribution in [0, 0.1) is 0 Å². The molecule has 0 saturated heterocycles. The summed E-state index contributed by atoms with van der Waals surface area (Å²) in [6.07, 6.45) is 1.74. The van der Waals surface area contributed by atoms with Gasteiger partial charge < -0.3 is 0 Å². The summed E-state index contributed by atoms with van der Waals surface area (Å²) < 4.78 is 1.77. The molecule has 2 heterocycles. The Kier molecular flexibility index (Phi) is 1.90. The average molecular weight is 202 g/mol. The van der Waals surface area contributed by atoms with E-state index in [0.29, 0.717) is 16.7 Å². The maximum Gasteiger partial charge on any atom is 0.160 e. The van der Waals surface area contributed by atoms with Crippen molar-refractivity contribution in [3.63, 3.8) is 0 Å². The van der Waals surface area contributed by atoms with Gasteiger partial charge >= 0.3 is 0 Å². The van der Waals surface area contributed by atoms with Crippen LogP contribution in [0.15, 0.2) is 18.3 Å². The maximum absolute atomic E-state index is 5.79. The molecule has 5 heteroatoms. The topological polar surface area (TPSA) is 30.2 Å². The summed E-state index contributed by atoms with van der Waals surface area (Å²) in [6, 6.07) is 3.56. The van der Waals surface area contributed by atoms with Crippen LogP contribution < -0.4 is 0 Å². The predicted octanol–water partition coefficient (Wildman–Crippen LogP) is 2.12. The summed E-state index contributed by atoms with van der Waals surface area (Å²) in [7, 11) is 0. The molecule has 0 fully saturated rings. The third-order valence-corrected chi connectivity index (χ3v) is 2.02. The van der Waals surface area contributed by atoms with E-state index >= 15 is 0 Å². The van der Waals surface area contributed by atoms with E-state index in [9.17, 15) is 0 Å². The van der Waals surface area contributed by atoms with E-state index in [1.807, 2.05) is 0 Å². The van der Waals surface area contributed by atoms with Gasteiger partial charge in [0, 0.05) is 6.20 Å². The molecule has 0 saturated carbocycles. The zero-order chi connectivity index (χ0) is 8.55. The lowest BCUT2D eigenvalue weighted by Gasteiger charge is -1.94. The van der Waals surface area contributed by atoms with Crippen molar-refractivity contribution in [3.05, 3.63) is 29.2 Å². The van der Waals surface area contributed by atoms with Gasteiger partial charge in [0.05, 0.1) is 10.9 Å². The van der Waals surface area contributed by atoms with Crippen molar-refractivity contribution >= 4 is 28.8 Å². The van der Waals surface area contributed by atoms with Crippen molar-refractivity contribution in [1.29, 1.82) is 0 Å². The Hall–Kier alpha value is -0.800. The molecule has 2 rings (SSSR count). The van der Waals surface area contributed by atoms with E-state index in [4.69, 9.17) is 23.2 Å². The summed E-state index contributed by atoms with van der Waals surface area (Å²) in [5.74, 6) is 1.04. The lowest BCUT2D eigenvalue weighted by Crippen LogP contribution is -1.89. The molecule has 0 radical (unpaired) electrons. The highest BCUT2D eigenvalue weighted by molar-refractivity contribution is 6.30. The molecule has 62 valence electrons. The SMILES string of the molecule is ClCc1nnc2ccc(Cl)cn12. The van der Waals surface area contributed by atoms with Crippen molar-refractivity contribution in [2.45, 2.75) is 5.88 Å². The van der Waals surface area contributed by atoms with Crippen LogP contribution in [0.5, 0.6) is 0 Å². The first-order chi connectivity index (χ1) is 5.81. The van der Waals surface area contributed by atoms with Gasteiger partial charge in [-0.05, 0) is 12.1 Å². The van der Waals surface area contributed by atoms with Gasteiger partial charge in [0.25, 0.3) is 0 Å². The third-order valence-electron chi connectivity index (χ3n) is 1.56. The highest BCUT2D eigenvalue weighted by atomic mass is 35.5. The number of pyridine rings is 1. The molecule has 2 aromatic heterocycles. The molecule has 0 N–H and O–H groups in total. The minimum atomic E-state index is 0.335. The van der Waals surface area contributed by atoms with Gasteiger partial charge in [0.15, 0.2) is 11.5 Å². The average Bonchev–Trinajstić information content (AvgIpc) is 2.46. The molecule has 0 aliphatic rings. The van der Waals surface area contributed by atoms with Gasteiger partial charge in [-0.1, -0.05) is 11.6 Å². The smallest absolute Gasteiger partial charge is 0.160 e. The van der Waals surface area contributed by atoms with Crippen LogP contribution in [0.4, 0.5) is 0 Å². The summed E-state index contributed by atoms with van der Waals surface area (Å²) in [4.78, 5) is 0. The molecule has 0 spiro atoms. The van der Waals surface area contributed by atoms with E-state index in [-0.39, 0.29) is 0 Å². The lowest BCUT2D eigenvalue weighted by molar-refractivity contribution is 0.986. The molecule has 12 heavy (non-hydrogen) atoms. The number of hydrogen-bond acceptors (Lipinski definition) is 2. The zero-order valence-electron chi connectivity index (χ0n) is 6.04. The van der Waals surface area contributed by atoms with Gasteiger partial charge in [-0.15, -0.1) is 21.8 Å². The lowest BCUT2D eigenvalue weighted by atomic mass is 10.5. The Balaban J connectivity index is 2.75. The molecule has 0 aliphatic carbocycles. The fraction of sp³-hybridized carbons (Fsp3) is 0.143. The van der Waals surface area contributed by atoms with Crippen molar-refractivity contribution in [1.82, 2.24) is 14.6 Å². The molecule has 3 nitrogen and oxygen atoms in total. The molecule has 0 amide bonds. The summed E-state index contributed by atoms with van der Waals surface area (Å²) >= 11 is 11.4. The molecular formula is C7H5Cl2N3. The quantitative estimate of drug-likeness (QED) is 0.663. The van der Waals surface area contributed by atoms with Crippen LogP contribution >= 0.6 is 23.2 Å². The Labute approximate surface area is 78.9 Å². The van der Waals surface area contributed by atoms with Gasteiger partial charge in [0.2, 0.25) is 0 Å². The zero-order valence-corrected chi connectivity index (χ0v) is 7.55. The second kappa shape index (κ2) is 2.92. The second-order valence-electron chi connectivity index (χ2n) is 2.33. The molecule has 0 aliphatic heterocycles. The number of aromatic nitrogens is 3. The van der Waals surface area contributed by atoms with Crippen molar-refractivity contribution in [2.75, 3.05) is 0 Å². The first-order valence-corrected chi connectivity index (χ1v) is 4.27. The first-order valence-electron chi connectivity index (χ1n) is 3.36. The fourth-order valence-corrected chi connectivity index (χ4v) is 1.35. The standard InChI is InChI=1S/C7H5Cl2N3/c8-3-7-11-10-6-2-1-5(9)4-12(6)7/h1-2,4H,3H2. The molecule has 0 aromatic carbocycles. The summed E-state index contributed by atoms with van der Waals surface area (Å²) in [5.41, 5.74) is 0.759. The van der Waals surface area contributed by atoms with E-state index < -0.39 is 0 Å². The van der Waals surface area contributed by atoms with E-state index in [1.165, 1.54) is 0 Å². The summed E-state index contributed by atoms with van der Waals surface area (Å²) in [5, 5.41) is 8.42. The highest BCUT2D eigenvalue weighted by Crippen LogP contribution is 2.11. The van der Waals surface area contributed by atoms with E-state index in [2.05, 4.69) is 10.2 Å². The van der Waals surface area contributed by atoms with Crippen molar-refractivity contribution in [2.24, 2.45) is 0 Å². The molecule has 0 unspecified atom stereocenters. The van der Waals surface area contributed by atoms with Crippen molar-refractivity contribution in [3.8, 4) is 0 Å². The van der Waals surface area contributed by atoms with Crippen LogP contribution in [0.2, 0.25) is 5.02 Å². The normalized spacial score (nSPS) is 10.8. The number of alkyl halides is 1. The second-order valence-corrected chi connectivity index (χ2v) is 3.03. The number of fused-ring (bicyclic) bond motifs is 1. The monoisotopic (exact) mass is 201 g/mol. The Morgan fingerprint density at radius 3 is 2.92 bits per heavy atom. The Bertz CT molecular complexity index is 410. The van der Waals surface area contributed by atoms with Gasteiger partial charge in [-0.3, -0.25) is 4.40 Å². The number of rotatable bonds is 1. The van der Waals surface area contributed by atoms with Gasteiger partial charge in [-0.2, -0.15) is 0 Å². The Morgan fingerprint density at radius 2 is 2.17 bits per heavy atom. The van der Waals surface area contributed by atoms with E-state index in [0.717, 1.165) is 5.65 Å². The third kappa shape index (κ3) is 1.15. The number of nitrogens with zero attached hydrogens (tertiary/aromatic N) is 3. The largest absolute Gasteiger partial charge is 0.284 e. The van der Waals surface area contributed by atoms with Gasteiger partial charge in [-0.25, -0.2) is 0 Å². The maximum atomic E-state index is 5.79.